The monoisotopic (exact) mass is 321 g/mol. The molecule has 1 amide bonds. The Kier molecular flexibility index (Phi) is 3.86. The molecule has 4 rings (SSSR count). The van der Waals surface area contributed by atoms with E-state index in [1.807, 2.05) is 69.1 Å². The van der Waals surface area contributed by atoms with Crippen molar-refractivity contribution in [2.45, 2.75) is 18.9 Å². The SMILES string of the molecule is O=C(c1ccc(-n2cccc2)cc1)N1CCC(n2ccnn2)CC1. The standard InChI is InChI=1S/C18H19N5O/c24-18(15-3-5-16(6-4-15)21-10-1-2-11-21)22-12-7-17(8-13-22)23-14-9-19-20-23/h1-6,9-11,14,17H,7-8,12-13H2. The van der Waals surface area contributed by atoms with Crippen molar-refractivity contribution in [3.8, 4) is 5.69 Å². The van der Waals surface area contributed by atoms with E-state index in [9.17, 15) is 4.79 Å². The first-order valence-electron chi connectivity index (χ1n) is 8.20. The van der Waals surface area contributed by atoms with Crippen LogP contribution in [-0.4, -0.2) is 43.5 Å². The third-order valence-electron chi connectivity index (χ3n) is 4.58. The number of hydrogen-bond acceptors (Lipinski definition) is 3. The number of carbonyl (C=O) groups is 1. The zero-order chi connectivity index (χ0) is 16.4. The second kappa shape index (κ2) is 6.31. The molecule has 0 saturated carbocycles. The number of benzene rings is 1. The summed E-state index contributed by atoms with van der Waals surface area (Å²) in [5, 5.41) is 7.92. The summed E-state index contributed by atoms with van der Waals surface area (Å²) in [4.78, 5) is 14.6. The average Bonchev–Trinajstić information content (AvgIpc) is 3.35. The van der Waals surface area contributed by atoms with Gasteiger partial charge in [0.25, 0.3) is 5.91 Å². The summed E-state index contributed by atoms with van der Waals surface area (Å²) in [6.07, 6.45) is 9.40. The van der Waals surface area contributed by atoms with Crippen molar-refractivity contribution in [2.75, 3.05) is 13.1 Å². The van der Waals surface area contributed by atoms with Gasteiger partial charge in [-0.25, -0.2) is 4.68 Å². The highest BCUT2D eigenvalue weighted by molar-refractivity contribution is 5.94. The second-order valence-electron chi connectivity index (χ2n) is 6.04. The first-order valence-corrected chi connectivity index (χ1v) is 8.20. The van der Waals surface area contributed by atoms with Gasteiger partial charge in [0.2, 0.25) is 0 Å². The molecule has 0 bridgehead atoms. The summed E-state index contributed by atoms with van der Waals surface area (Å²) in [7, 11) is 0. The van der Waals surface area contributed by atoms with Crippen molar-refractivity contribution in [3.05, 3.63) is 66.7 Å². The van der Waals surface area contributed by atoms with Crippen LogP contribution in [0.3, 0.4) is 0 Å². The predicted molar refractivity (Wildman–Crippen MR) is 90.0 cm³/mol. The maximum atomic E-state index is 12.7. The van der Waals surface area contributed by atoms with Crippen LogP contribution >= 0.6 is 0 Å². The van der Waals surface area contributed by atoms with Gasteiger partial charge in [-0.3, -0.25) is 4.79 Å². The average molecular weight is 321 g/mol. The summed E-state index contributed by atoms with van der Waals surface area (Å²) in [5.41, 5.74) is 1.80. The number of hydrogen-bond donors (Lipinski definition) is 0. The summed E-state index contributed by atoms with van der Waals surface area (Å²) in [5.74, 6) is 0.103. The van der Waals surface area contributed by atoms with Crippen LogP contribution in [0.1, 0.15) is 29.2 Å². The van der Waals surface area contributed by atoms with E-state index in [-0.39, 0.29) is 5.91 Å². The minimum Gasteiger partial charge on any atom is -0.338 e. The fraction of sp³-hybridized carbons (Fsp3) is 0.278. The Hall–Kier alpha value is -2.89. The topological polar surface area (TPSA) is 56.0 Å². The first-order chi connectivity index (χ1) is 11.8. The summed E-state index contributed by atoms with van der Waals surface area (Å²) in [6, 6.07) is 12.1. The highest BCUT2D eigenvalue weighted by atomic mass is 16.2. The molecule has 1 aliphatic heterocycles. The number of nitrogens with zero attached hydrogens (tertiary/aromatic N) is 5. The third kappa shape index (κ3) is 2.82. The lowest BCUT2D eigenvalue weighted by molar-refractivity contribution is 0.0689. The van der Waals surface area contributed by atoms with E-state index < -0.39 is 0 Å². The Morgan fingerprint density at radius 3 is 2.33 bits per heavy atom. The Morgan fingerprint density at radius 2 is 1.71 bits per heavy atom. The molecule has 24 heavy (non-hydrogen) atoms. The van der Waals surface area contributed by atoms with E-state index in [0.29, 0.717) is 6.04 Å². The third-order valence-corrected chi connectivity index (χ3v) is 4.58. The lowest BCUT2D eigenvalue weighted by atomic mass is 10.0. The quantitative estimate of drug-likeness (QED) is 0.745. The van der Waals surface area contributed by atoms with Gasteiger partial charge in [0.1, 0.15) is 0 Å². The van der Waals surface area contributed by atoms with Gasteiger partial charge < -0.3 is 9.47 Å². The number of carbonyl (C=O) groups excluding carboxylic acids is 1. The highest BCUT2D eigenvalue weighted by Gasteiger charge is 2.24. The molecule has 2 aromatic heterocycles. The lowest BCUT2D eigenvalue weighted by Gasteiger charge is -2.31. The molecule has 3 heterocycles. The largest absolute Gasteiger partial charge is 0.338 e. The van der Waals surface area contributed by atoms with Crippen LogP contribution in [0, 0.1) is 0 Å². The molecule has 0 aliphatic carbocycles. The molecule has 1 fully saturated rings. The summed E-state index contributed by atoms with van der Waals surface area (Å²) >= 11 is 0. The van der Waals surface area contributed by atoms with E-state index in [1.54, 1.807) is 6.20 Å². The summed E-state index contributed by atoms with van der Waals surface area (Å²) in [6.45, 7) is 1.51. The maximum absolute atomic E-state index is 12.7. The molecular weight excluding hydrogens is 302 g/mol. The molecule has 0 unspecified atom stereocenters. The molecule has 1 aromatic carbocycles. The normalized spacial score (nSPS) is 15.6. The molecule has 0 radical (unpaired) electrons. The van der Waals surface area contributed by atoms with Crippen LogP contribution in [0.4, 0.5) is 0 Å². The van der Waals surface area contributed by atoms with Crippen LogP contribution in [0.25, 0.3) is 5.69 Å². The van der Waals surface area contributed by atoms with Crippen LogP contribution in [0.15, 0.2) is 61.2 Å². The molecule has 3 aromatic rings. The minimum absolute atomic E-state index is 0.103. The molecule has 122 valence electrons. The van der Waals surface area contributed by atoms with Crippen LogP contribution in [0.5, 0.6) is 0 Å². The van der Waals surface area contributed by atoms with Crippen molar-refractivity contribution in [3.63, 3.8) is 0 Å². The van der Waals surface area contributed by atoms with E-state index in [1.165, 1.54) is 0 Å². The molecule has 0 spiro atoms. The Balaban J connectivity index is 1.41. The van der Waals surface area contributed by atoms with Crippen LogP contribution in [0.2, 0.25) is 0 Å². The number of rotatable bonds is 3. The number of aromatic nitrogens is 4. The van der Waals surface area contributed by atoms with E-state index in [4.69, 9.17) is 0 Å². The van der Waals surface area contributed by atoms with Gasteiger partial charge in [0.05, 0.1) is 12.2 Å². The molecular formula is C18H19N5O. The smallest absolute Gasteiger partial charge is 0.253 e. The number of likely N-dealkylation sites (tertiary alicyclic amines) is 1. The van der Waals surface area contributed by atoms with Crippen LogP contribution in [-0.2, 0) is 0 Å². The summed E-state index contributed by atoms with van der Waals surface area (Å²) < 4.78 is 3.92. The van der Waals surface area contributed by atoms with Gasteiger partial charge in [0.15, 0.2) is 0 Å². The van der Waals surface area contributed by atoms with Gasteiger partial charge in [-0.1, -0.05) is 5.21 Å². The van der Waals surface area contributed by atoms with Crippen molar-refractivity contribution >= 4 is 5.91 Å². The Bertz CT molecular complexity index is 785. The maximum Gasteiger partial charge on any atom is 0.253 e. The molecule has 1 saturated heterocycles. The fourth-order valence-electron chi connectivity index (χ4n) is 3.21. The first kappa shape index (κ1) is 14.7. The van der Waals surface area contributed by atoms with Gasteiger partial charge >= 0.3 is 0 Å². The highest BCUT2D eigenvalue weighted by Crippen LogP contribution is 2.22. The van der Waals surface area contributed by atoms with Crippen LogP contribution < -0.4 is 0 Å². The van der Waals surface area contributed by atoms with Gasteiger partial charge in [0, 0.05) is 42.9 Å². The zero-order valence-corrected chi connectivity index (χ0v) is 13.3. The van der Waals surface area contributed by atoms with E-state index in [2.05, 4.69) is 10.3 Å². The second-order valence-corrected chi connectivity index (χ2v) is 6.04. The van der Waals surface area contributed by atoms with Gasteiger partial charge in [-0.15, -0.1) is 5.10 Å². The minimum atomic E-state index is 0.103. The van der Waals surface area contributed by atoms with E-state index in [0.717, 1.165) is 37.2 Å². The van der Waals surface area contributed by atoms with Gasteiger partial charge in [-0.05, 0) is 49.2 Å². The Labute approximate surface area is 140 Å². The zero-order valence-electron chi connectivity index (χ0n) is 13.3. The molecule has 0 N–H and O–H groups in total. The molecule has 6 heteroatoms. The lowest BCUT2D eigenvalue weighted by Crippen LogP contribution is -2.39. The van der Waals surface area contributed by atoms with Crippen molar-refractivity contribution < 1.29 is 4.79 Å². The number of amides is 1. The van der Waals surface area contributed by atoms with Crippen molar-refractivity contribution in [2.24, 2.45) is 0 Å². The molecule has 0 atom stereocenters. The van der Waals surface area contributed by atoms with Crippen molar-refractivity contribution in [1.29, 1.82) is 0 Å². The number of piperidine rings is 1. The Morgan fingerprint density at radius 1 is 1.00 bits per heavy atom. The van der Waals surface area contributed by atoms with E-state index >= 15 is 0 Å². The molecule has 6 nitrogen and oxygen atoms in total. The predicted octanol–water partition coefficient (Wildman–Crippen LogP) is 2.55. The molecule has 1 aliphatic rings. The van der Waals surface area contributed by atoms with Gasteiger partial charge in [-0.2, -0.15) is 0 Å². The fourth-order valence-corrected chi connectivity index (χ4v) is 3.21. The van der Waals surface area contributed by atoms with Crippen molar-refractivity contribution in [1.82, 2.24) is 24.5 Å².